The highest BCUT2D eigenvalue weighted by Crippen LogP contribution is 2.42. The molecule has 2 fully saturated rings. The molecule has 2 aliphatic carbocycles. The van der Waals surface area contributed by atoms with Crippen molar-refractivity contribution in [3.8, 4) is 5.75 Å². The summed E-state index contributed by atoms with van der Waals surface area (Å²) in [6.07, 6.45) is 4.10. The maximum absolute atomic E-state index is 14.5. The highest BCUT2D eigenvalue weighted by molar-refractivity contribution is 5.84. The van der Waals surface area contributed by atoms with Crippen LogP contribution in [-0.4, -0.2) is 72.3 Å². The van der Waals surface area contributed by atoms with E-state index in [2.05, 4.69) is 27.1 Å². The van der Waals surface area contributed by atoms with E-state index in [1.165, 1.54) is 32.3 Å². The van der Waals surface area contributed by atoms with E-state index < -0.39 is 17.8 Å². The minimum absolute atomic E-state index is 0.00854. The van der Waals surface area contributed by atoms with Gasteiger partial charge in [-0.15, -0.1) is 0 Å². The number of methoxy groups -OCH3 is 1. The first-order chi connectivity index (χ1) is 17.0. The molecule has 1 saturated heterocycles. The summed E-state index contributed by atoms with van der Waals surface area (Å²) in [6.45, 7) is 5.89. The van der Waals surface area contributed by atoms with E-state index in [1.54, 1.807) is 12.1 Å². The van der Waals surface area contributed by atoms with Gasteiger partial charge in [-0.2, -0.15) is 0 Å². The fraction of sp³-hybridized carbons (Fsp3) is 0.577. The molecule has 1 aromatic carbocycles. The third-order valence-corrected chi connectivity index (χ3v) is 7.52. The first-order valence-electron chi connectivity index (χ1n) is 12.6. The maximum Gasteiger partial charge on any atom is 0.231 e. The summed E-state index contributed by atoms with van der Waals surface area (Å²) < 4.78 is 19.5. The van der Waals surface area contributed by atoms with E-state index in [0.717, 1.165) is 23.6 Å². The molecule has 1 saturated carbocycles. The van der Waals surface area contributed by atoms with Gasteiger partial charge in [0.15, 0.2) is 11.6 Å². The van der Waals surface area contributed by atoms with E-state index in [1.807, 2.05) is 4.90 Å². The number of fused-ring (bicyclic) bond motifs is 1. The molecule has 3 aliphatic rings. The molecule has 0 radical (unpaired) electrons. The smallest absolute Gasteiger partial charge is 0.231 e. The fourth-order valence-corrected chi connectivity index (χ4v) is 5.31. The number of anilines is 1. The van der Waals surface area contributed by atoms with Crippen molar-refractivity contribution in [2.45, 2.75) is 44.1 Å². The molecule has 8 nitrogen and oxygen atoms in total. The zero-order chi connectivity index (χ0) is 24.5. The Morgan fingerprint density at radius 3 is 2.71 bits per heavy atom. The highest BCUT2D eigenvalue weighted by Gasteiger charge is 2.35. The largest absolute Gasteiger partial charge is 0.494 e. The van der Waals surface area contributed by atoms with Crippen molar-refractivity contribution in [3.05, 3.63) is 47.2 Å². The zero-order valence-corrected chi connectivity index (χ0v) is 20.4. The van der Waals surface area contributed by atoms with E-state index in [-0.39, 0.29) is 17.6 Å². The molecule has 0 bridgehead atoms. The predicted octanol–water partition coefficient (Wildman–Crippen LogP) is 2.60. The summed E-state index contributed by atoms with van der Waals surface area (Å²) in [7, 11) is 1.44. The second-order valence-corrected chi connectivity index (χ2v) is 10.0. The van der Waals surface area contributed by atoms with Gasteiger partial charge in [0.25, 0.3) is 0 Å². The molecular weight excluding hydrogens is 449 g/mol. The molecule has 1 aromatic heterocycles. The van der Waals surface area contributed by atoms with E-state index in [0.29, 0.717) is 50.6 Å². The molecular formula is C26H34FN5O3. The lowest BCUT2D eigenvalue weighted by Crippen LogP contribution is -2.51. The molecule has 2 aromatic rings. The van der Waals surface area contributed by atoms with E-state index in [4.69, 9.17) is 4.74 Å². The molecule has 35 heavy (non-hydrogen) atoms. The Balaban J connectivity index is 1.29. The topological polar surface area (TPSA) is 90.8 Å². The summed E-state index contributed by atoms with van der Waals surface area (Å²) >= 11 is 0. The van der Waals surface area contributed by atoms with Crippen LogP contribution in [-0.2, 0) is 4.79 Å². The van der Waals surface area contributed by atoms with Gasteiger partial charge in [-0.05, 0) is 55.3 Å². The minimum Gasteiger partial charge on any atom is -0.494 e. The van der Waals surface area contributed by atoms with Crippen LogP contribution in [0.5, 0.6) is 5.75 Å². The third kappa shape index (κ3) is 4.97. The van der Waals surface area contributed by atoms with Crippen LogP contribution in [0.15, 0.2) is 24.5 Å². The zero-order valence-electron chi connectivity index (χ0n) is 20.4. The molecule has 2 N–H and O–H groups in total. The summed E-state index contributed by atoms with van der Waals surface area (Å²) in [4.78, 5) is 26.5. The number of nitrogens with one attached hydrogen (secondary N) is 1. The lowest BCUT2D eigenvalue weighted by molar-refractivity contribution is -0.133. The van der Waals surface area contributed by atoms with Gasteiger partial charge in [-0.3, -0.25) is 4.79 Å². The lowest BCUT2D eigenvalue weighted by atomic mass is 9.96. The van der Waals surface area contributed by atoms with Crippen LogP contribution in [0.2, 0.25) is 0 Å². The number of hydrogen-bond acceptors (Lipinski definition) is 7. The fourth-order valence-electron chi connectivity index (χ4n) is 5.31. The van der Waals surface area contributed by atoms with Crippen LogP contribution in [0.1, 0.15) is 60.9 Å². The SMILES string of the molecule is COc1ccc([C@@H](CNCC2CC2)C(=O)N2CCN(c3ncnc4c3[C@H](C)C[C@H]4O)CC2)cc1F. The maximum atomic E-state index is 14.5. The minimum atomic E-state index is -0.543. The number of benzene rings is 1. The van der Waals surface area contributed by atoms with Crippen molar-refractivity contribution in [3.63, 3.8) is 0 Å². The van der Waals surface area contributed by atoms with Crippen molar-refractivity contribution in [1.29, 1.82) is 0 Å². The molecule has 1 aliphatic heterocycles. The number of rotatable bonds is 8. The van der Waals surface area contributed by atoms with Crippen LogP contribution in [0, 0.1) is 11.7 Å². The van der Waals surface area contributed by atoms with Gasteiger partial charge in [0.05, 0.1) is 24.8 Å². The lowest BCUT2D eigenvalue weighted by Gasteiger charge is -2.38. The van der Waals surface area contributed by atoms with Crippen molar-refractivity contribution < 1.29 is 19.0 Å². The average molecular weight is 484 g/mol. The van der Waals surface area contributed by atoms with E-state index in [9.17, 15) is 14.3 Å². The van der Waals surface area contributed by atoms with Crippen LogP contribution in [0.3, 0.4) is 0 Å². The second-order valence-electron chi connectivity index (χ2n) is 10.0. The second kappa shape index (κ2) is 10.1. The highest BCUT2D eigenvalue weighted by atomic mass is 19.1. The Morgan fingerprint density at radius 1 is 1.26 bits per heavy atom. The Bertz CT molecular complexity index is 1070. The standard InChI is InChI=1S/C26H34FN5O3/c1-16-11-21(33)24-23(16)25(30-15-29-24)31-7-9-32(10-8-31)26(34)19(14-28-13-17-3-4-17)18-5-6-22(35-2)20(27)12-18/h5-6,12,15-17,19,21,28,33H,3-4,7-11,13-14H2,1-2H3/t16-,19-,21-/m1/s1. The van der Waals surface area contributed by atoms with Gasteiger partial charge >= 0.3 is 0 Å². The van der Waals surface area contributed by atoms with Crippen LogP contribution < -0.4 is 15.0 Å². The number of ether oxygens (including phenoxy) is 1. The van der Waals surface area contributed by atoms with Crippen molar-refractivity contribution >= 4 is 11.7 Å². The van der Waals surface area contributed by atoms with Gasteiger partial charge in [0.2, 0.25) is 5.91 Å². The number of aliphatic hydroxyl groups excluding tert-OH is 1. The summed E-state index contributed by atoms with van der Waals surface area (Å²) in [6, 6.07) is 4.80. The Morgan fingerprint density at radius 2 is 2.03 bits per heavy atom. The normalized spacial score (nSPS) is 22.7. The Labute approximate surface area is 205 Å². The van der Waals surface area contributed by atoms with Crippen LogP contribution >= 0.6 is 0 Å². The Kier molecular flexibility index (Phi) is 6.88. The monoisotopic (exact) mass is 483 g/mol. The average Bonchev–Trinajstić information content (AvgIpc) is 3.65. The number of halogens is 1. The number of aromatic nitrogens is 2. The molecule has 3 atom stereocenters. The van der Waals surface area contributed by atoms with Crippen molar-refractivity contribution in [1.82, 2.24) is 20.2 Å². The van der Waals surface area contributed by atoms with E-state index >= 15 is 0 Å². The van der Waals surface area contributed by atoms with Crippen LogP contribution in [0.4, 0.5) is 10.2 Å². The van der Waals surface area contributed by atoms with Crippen LogP contribution in [0.25, 0.3) is 0 Å². The van der Waals surface area contributed by atoms with Gasteiger partial charge in [-0.25, -0.2) is 14.4 Å². The molecule has 1 amide bonds. The van der Waals surface area contributed by atoms with Crippen molar-refractivity contribution in [2.24, 2.45) is 5.92 Å². The first-order valence-corrected chi connectivity index (χ1v) is 12.6. The molecule has 188 valence electrons. The summed E-state index contributed by atoms with van der Waals surface area (Å²) in [5.74, 6) is 1.03. The predicted molar refractivity (Wildman–Crippen MR) is 130 cm³/mol. The third-order valence-electron chi connectivity index (χ3n) is 7.52. The molecule has 0 spiro atoms. The first kappa shape index (κ1) is 23.9. The molecule has 9 heteroatoms. The van der Waals surface area contributed by atoms with Gasteiger partial charge in [0, 0.05) is 38.3 Å². The number of piperazine rings is 1. The van der Waals surface area contributed by atoms with Gasteiger partial charge < -0.3 is 25.0 Å². The number of carbonyl (C=O) groups excluding carboxylic acids is 1. The number of carbonyl (C=O) groups is 1. The molecule has 0 unspecified atom stereocenters. The molecule has 5 rings (SSSR count). The summed E-state index contributed by atoms with van der Waals surface area (Å²) in [5.41, 5.74) is 2.41. The van der Waals surface area contributed by atoms with Crippen molar-refractivity contribution in [2.75, 3.05) is 51.3 Å². The number of aliphatic hydroxyl groups is 1. The van der Waals surface area contributed by atoms with Gasteiger partial charge in [-0.1, -0.05) is 13.0 Å². The number of amides is 1. The van der Waals surface area contributed by atoms with Gasteiger partial charge in [0.1, 0.15) is 12.1 Å². The quantitative estimate of drug-likeness (QED) is 0.597. The summed E-state index contributed by atoms with van der Waals surface area (Å²) in [5, 5.41) is 13.8. The number of hydrogen-bond donors (Lipinski definition) is 2. The Hall–Kier alpha value is -2.78. The molecule has 2 heterocycles. The number of nitrogens with zero attached hydrogens (tertiary/aromatic N) is 4.